The first-order valence-corrected chi connectivity index (χ1v) is 10.9. The first-order valence-electron chi connectivity index (χ1n) is 10.1. The average molecular weight is 444 g/mol. The fourth-order valence-corrected chi connectivity index (χ4v) is 4.49. The molecule has 0 aliphatic carbocycles. The quantitative estimate of drug-likeness (QED) is 0.449. The van der Waals surface area contributed by atoms with Crippen LogP contribution < -0.4 is 0 Å². The van der Waals surface area contributed by atoms with Gasteiger partial charge in [-0.1, -0.05) is 38.1 Å². The van der Waals surface area contributed by atoms with Gasteiger partial charge in [-0.25, -0.2) is 9.37 Å². The van der Waals surface area contributed by atoms with Gasteiger partial charge < -0.3 is 15.3 Å². The Morgan fingerprint density at radius 2 is 1.90 bits per heavy atom. The summed E-state index contributed by atoms with van der Waals surface area (Å²) in [7, 11) is 0. The second-order valence-corrected chi connectivity index (χ2v) is 9.17. The Bertz CT molecular complexity index is 1100. The summed E-state index contributed by atoms with van der Waals surface area (Å²) >= 11 is 1.60. The molecule has 0 aliphatic heterocycles. The molecular formula is C24H26FNO4S. The Kier molecular flexibility index (Phi) is 7.20. The topological polar surface area (TPSA) is 90.7 Å². The van der Waals surface area contributed by atoms with Crippen LogP contribution in [0, 0.1) is 12.7 Å². The number of carboxylic acids is 1. The first kappa shape index (κ1) is 23.1. The Morgan fingerprint density at radius 3 is 2.52 bits per heavy atom. The molecule has 0 unspecified atom stereocenters. The van der Waals surface area contributed by atoms with E-state index in [2.05, 4.69) is 6.07 Å². The van der Waals surface area contributed by atoms with E-state index in [1.165, 1.54) is 12.1 Å². The molecule has 0 spiro atoms. The van der Waals surface area contributed by atoms with Gasteiger partial charge in [0.15, 0.2) is 0 Å². The van der Waals surface area contributed by atoms with Crippen LogP contribution in [0.3, 0.4) is 0 Å². The van der Waals surface area contributed by atoms with E-state index >= 15 is 0 Å². The molecule has 3 rings (SSSR count). The number of hydrogen-bond acceptors (Lipinski definition) is 5. The van der Waals surface area contributed by atoms with Gasteiger partial charge in [-0.2, -0.15) is 0 Å². The van der Waals surface area contributed by atoms with Crippen LogP contribution in [0.1, 0.15) is 48.7 Å². The summed E-state index contributed by atoms with van der Waals surface area (Å²) in [6.07, 6.45) is 0.648. The maximum absolute atomic E-state index is 13.6. The molecule has 0 fully saturated rings. The minimum Gasteiger partial charge on any atom is -0.481 e. The molecule has 2 atom stereocenters. The van der Waals surface area contributed by atoms with Crippen LogP contribution in [0.5, 0.6) is 0 Å². The Morgan fingerprint density at radius 1 is 1.23 bits per heavy atom. The minimum atomic E-state index is -1.14. The molecule has 1 aromatic carbocycles. The van der Waals surface area contributed by atoms with E-state index in [-0.39, 0.29) is 18.2 Å². The molecule has 0 radical (unpaired) electrons. The van der Waals surface area contributed by atoms with Crippen molar-refractivity contribution in [1.29, 1.82) is 0 Å². The third kappa shape index (κ3) is 5.55. The molecule has 0 saturated heterocycles. The minimum absolute atomic E-state index is 0.0844. The highest BCUT2D eigenvalue weighted by Gasteiger charge is 2.19. The van der Waals surface area contributed by atoms with Crippen LogP contribution >= 0.6 is 11.3 Å². The van der Waals surface area contributed by atoms with Crippen LogP contribution in [-0.2, 0) is 4.79 Å². The van der Waals surface area contributed by atoms with Crippen LogP contribution in [0.4, 0.5) is 4.39 Å². The third-order valence-corrected chi connectivity index (χ3v) is 5.91. The van der Waals surface area contributed by atoms with Gasteiger partial charge in [0.25, 0.3) is 0 Å². The van der Waals surface area contributed by atoms with Crippen molar-refractivity contribution in [1.82, 2.24) is 4.98 Å². The van der Waals surface area contributed by atoms with Crippen molar-refractivity contribution in [2.75, 3.05) is 0 Å². The van der Waals surface area contributed by atoms with Gasteiger partial charge in [-0.05, 0) is 36.6 Å². The molecule has 2 heterocycles. The molecule has 0 saturated carbocycles. The van der Waals surface area contributed by atoms with Gasteiger partial charge in [0.2, 0.25) is 0 Å². The fraction of sp³-hybridized carbons (Fsp3) is 0.333. The lowest BCUT2D eigenvalue weighted by Gasteiger charge is -2.17. The van der Waals surface area contributed by atoms with Gasteiger partial charge in [0.05, 0.1) is 24.3 Å². The lowest BCUT2D eigenvalue weighted by Crippen LogP contribution is -2.19. The number of benzene rings is 1. The predicted molar refractivity (Wildman–Crippen MR) is 122 cm³/mol. The van der Waals surface area contributed by atoms with Crippen LogP contribution in [0.2, 0.25) is 0 Å². The predicted octanol–water partition coefficient (Wildman–Crippen LogP) is 5.13. The number of halogens is 1. The molecule has 5 nitrogen and oxygen atoms in total. The summed E-state index contributed by atoms with van der Waals surface area (Å²) in [5.74, 6) is -1.34. The number of pyridine rings is 1. The number of aromatic nitrogens is 1. The van der Waals surface area contributed by atoms with Crippen molar-refractivity contribution < 1.29 is 24.5 Å². The number of aliphatic carboxylic acids is 1. The summed E-state index contributed by atoms with van der Waals surface area (Å²) in [6, 6.07) is 8.35. The van der Waals surface area contributed by atoms with Crippen LogP contribution in [0.25, 0.3) is 27.4 Å². The molecule has 7 heteroatoms. The number of fused-ring (bicyclic) bond motifs is 1. The maximum Gasteiger partial charge on any atom is 0.305 e. The fourth-order valence-electron chi connectivity index (χ4n) is 3.59. The van der Waals surface area contributed by atoms with E-state index in [4.69, 9.17) is 10.1 Å². The monoisotopic (exact) mass is 443 g/mol. The Balaban J connectivity index is 2.12. The molecule has 0 bridgehead atoms. The Hall–Kier alpha value is -2.61. The molecule has 164 valence electrons. The zero-order chi connectivity index (χ0) is 22.7. The normalized spacial score (nSPS) is 13.9. The van der Waals surface area contributed by atoms with Crippen molar-refractivity contribution in [2.45, 2.75) is 51.7 Å². The smallest absolute Gasteiger partial charge is 0.305 e. The lowest BCUT2D eigenvalue weighted by molar-refractivity contribution is -0.139. The van der Waals surface area contributed by atoms with Crippen LogP contribution in [-0.4, -0.2) is 38.5 Å². The van der Waals surface area contributed by atoms with Crippen molar-refractivity contribution in [2.24, 2.45) is 0 Å². The molecular weight excluding hydrogens is 417 g/mol. The second kappa shape index (κ2) is 9.68. The first-order chi connectivity index (χ1) is 14.7. The molecule has 3 N–H and O–H groups in total. The number of aryl methyl sites for hydroxylation is 1. The highest BCUT2D eigenvalue weighted by molar-refractivity contribution is 7.18. The van der Waals surface area contributed by atoms with Crippen molar-refractivity contribution in [3.05, 3.63) is 58.4 Å². The van der Waals surface area contributed by atoms with Gasteiger partial charge in [-0.15, -0.1) is 11.3 Å². The summed E-state index contributed by atoms with van der Waals surface area (Å²) in [5.41, 5.74) is 3.42. The zero-order valence-corrected chi connectivity index (χ0v) is 18.5. The number of carboxylic acid groups (broad SMARTS) is 1. The maximum atomic E-state index is 13.6. The second-order valence-electron chi connectivity index (χ2n) is 7.94. The Labute approximate surface area is 184 Å². The summed E-state index contributed by atoms with van der Waals surface area (Å²) in [6.45, 7) is 6.08. The summed E-state index contributed by atoms with van der Waals surface area (Å²) < 4.78 is 13.6. The summed E-state index contributed by atoms with van der Waals surface area (Å²) in [5, 5.41) is 29.9. The van der Waals surface area contributed by atoms with Gasteiger partial charge in [0.1, 0.15) is 10.6 Å². The number of hydrogen-bond donors (Lipinski definition) is 3. The number of thiophene rings is 1. The molecule has 0 amide bonds. The van der Waals surface area contributed by atoms with E-state index in [0.717, 1.165) is 37.5 Å². The number of carbonyl (C=O) groups is 1. The third-order valence-electron chi connectivity index (χ3n) is 4.96. The summed E-state index contributed by atoms with van der Waals surface area (Å²) in [4.78, 5) is 17.6. The van der Waals surface area contributed by atoms with Crippen molar-refractivity contribution in [3.8, 4) is 11.1 Å². The number of aliphatic hydroxyl groups is 2. The number of rotatable bonds is 8. The van der Waals surface area contributed by atoms with Gasteiger partial charge in [-0.3, -0.25) is 4.79 Å². The van der Waals surface area contributed by atoms with Crippen molar-refractivity contribution >= 4 is 33.6 Å². The van der Waals surface area contributed by atoms with E-state index < -0.39 is 24.6 Å². The largest absolute Gasteiger partial charge is 0.481 e. The molecule has 2 aromatic heterocycles. The zero-order valence-electron chi connectivity index (χ0n) is 17.7. The lowest BCUT2D eigenvalue weighted by atomic mass is 9.91. The van der Waals surface area contributed by atoms with E-state index in [9.17, 15) is 19.4 Å². The van der Waals surface area contributed by atoms with Gasteiger partial charge >= 0.3 is 5.97 Å². The molecule has 3 aromatic rings. The van der Waals surface area contributed by atoms with E-state index in [1.807, 2.05) is 20.8 Å². The van der Waals surface area contributed by atoms with Gasteiger partial charge in [0, 0.05) is 27.8 Å². The average Bonchev–Trinajstić information content (AvgIpc) is 3.05. The van der Waals surface area contributed by atoms with Crippen molar-refractivity contribution in [3.63, 3.8) is 0 Å². The van der Waals surface area contributed by atoms with E-state index in [0.29, 0.717) is 0 Å². The molecule has 31 heavy (non-hydrogen) atoms. The number of nitrogens with zero attached hydrogens (tertiary/aromatic N) is 1. The van der Waals surface area contributed by atoms with E-state index in [1.54, 1.807) is 35.6 Å². The number of aliphatic hydroxyl groups excluding tert-OH is 2. The standard InChI is InChI=1S/C24H26FNO4S/c1-13(2)23-19(9-8-17(27)11-18(28)12-21(29)30)22(15-4-6-16(25)7-5-15)20-10-14(3)31-24(20)26-23/h4-10,13,17-18,27-28H,11-12H2,1-3H3,(H,29,30)/b9-8+/t17-,18-/m1/s1. The molecule has 0 aliphatic rings. The van der Waals surface area contributed by atoms with Crippen LogP contribution in [0.15, 0.2) is 36.4 Å². The highest BCUT2D eigenvalue weighted by atomic mass is 32.1. The SMILES string of the molecule is Cc1cc2c(-c3ccc(F)cc3)c(/C=C/[C@@H](O)C[C@@H](O)CC(=O)O)c(C(C)C)nc2s1. The highest BCUT2D eigenvalue weighted by Crippen LogP contribution is 2.39.